The molecule has 3 heterocycles. The molecule has 0 saturated carbocycles. The maximum Gasteiger partial charge on any atom is 0.328 e. The number of hydrogen-bond acceptors (Lipinski definition) is 3. The molecule has 0 unspecified atom stereocenters. The SMILES string of the molecule is Cc1cn(C)c2ncc(N3CCC(=O)NC3=O)cc12. The molecule has 0 spiro atoms. The lowest BCUT2D eigenvalue weighted by atomic mass is 10.2. The second-order valence-electron chi connectivity index (χ2n) is 4.74. The number of nitrogens with one attached hydrogen (secondary N) is 1. The van der Waals surface area contributed by atoms with Crippen molar-refractivity contribution >= 4 is 28.7 Å². The van der Waals surface area contributed by atoms with Gasteiger partial charge in [0.2, 0.25) is 5.91 Å². The third-order valence-electron chi connectivity index (χ3n) is 3.36. The lowest BCUT2D eigenvalue weighted by Gasteiger charge is -2.26. The molecule has 0 atom stereocenters. The van der Waals surface area contributed by atoms with Crippen LogP contribution in [0.15, 0.2) is 18.5 Å². The first-order valence-corrected chi connectivity index (χ1v) is 6.09. The molecule has 0 aliphatic carbocycles. The van der Waals surface area contributed by atoms with Gasteiger partial charge in [-0.25, -0.2) is 9.78 Å². The van der Waals surface area contributed by atoms with Gasteiger partial charge in [-0.3, -0.25) is 15.0 Å². The highest BCUT2D eigenvalue weighted by molar-refractivity contribution is 6.06. The Morgan fingerprint density at radius 2 is 2.16 bits per heavy atom. The van der Waals surface area contributed by atoms with E-state index in [1.54, 1.807) is 11.1 Å². The summed E-state index contributed by atoms with van der Waals surface area (Å²) < 4.78 is 1.95. The Kier molecular flexibility index (Phi) is 2.51. The number of imide groups is 1. The Morgan fingerprint density at radius 3 is 2.89 bits per heavy atom. The van der Waals surface area contributed by atoms with Crippen LogP contribution in [0.3, 0.4) is 0 Å². The van der Waals surface area contributed by atoms with E-state index in [0.29, 0.717) is 18.7 Å². The summed E-state index contributed by atoms with van der Waals surface area (Å²) >= 11 is 0. The lowest BCUT2D eigenvalue weighted by molar-refractivity contribution is -0.120. The first-order chi connectivity index (χ1) is 9.06. The predicted octanol–water partition coefficient (Wildman–Crippen LogP) is 1.33. The number of urea groups is 1. The Morgan fingerprint density at radius 1 is 1.37 bits per heavy atom. The van der Waals surface area contributed by atoms with Crippen molar-refractivity contribution in [1.82, 2.24) is 14.9 Å². The van der Waals surface area contributed by atoms with Gasteiger partial charge in [-0.2, -0.15) is 0 Å². The van der Waals surface area contributed by atoms with E-state index in [0.717, 1.165) is 16.6 Å². The van der Waals surface area contributed by atoms with Gasteiger partial charge in [0.05, 0.1) is 11.9 Å². The van der Waals surface area contributed by atoms with Crippen LogP contribution in [0.5, 0.6) is 0 Å². The van der Waals surface area contributed by atoms with Crippen LogP contribution in [-0.4, -0.2) is 28.0 Å². The third-order valence-corrected chi connectivity index (χ3v) is 3.36. The number of aryl methyl sites for hydroxylation is 2. The minimum atomic E-state index is -0.383. The van der Waals surface area contributed by atoms with E-state index < -0.39 is 0 Å². The van der Waals surface area contributed by atoms with E-state index in [4.69, 9.17) is 0 Å². The topological polar surface area (TPSA) is 67.2 Å². The van der Waals surface area contributed by atoms with Crippen LogP contribution in [0.4, 0.5) is 10.5 Å². The van der Waals surface area contributed by atoms with E-state index in [1.807, 2.05) is 30.8 Å². The smallest absolute Gasteiger partial charge is 0.328 e. The fourth-order valence-electron chi connectivity index (χ4n) is 2.40. The van der Waals surface area contributed by atoms with Crippen molar-refractivity contribution in [3.8, 4) is 0 Å². The van der Waals surface area contributed by atoms with Gasteiger partial charge in [0.25, 0.3) is 0 Å². The summed E-state index contributed by atoms with van der Waals surface area (Å²) in [6.07, 6.45) is 3.98. The number of aromatic nitrogens is 2. The molecule has 19 heavy (non-hydrogen) atoms. The van der Waals surface area contributed by atoms with E-state index in [-0.39, 0.29) is 11.9 Å². The van der Waals surface area contributed by atoms with Crippen LogP contribution in [0.1, 0.15) is 12.0 Å². The zero-order valence-corrected chi connectivity index (χ0v) is 10.8. The Bertz CT molecular complexity index is 689. The second-order valence-corrected chi connectivity index (χ2v) is 4.74. The minimum absolute atomic E-state index is 0.230. The molecule has 6 nitrogen and oxygen atoms in total. The third kappa shape index (κ3) is 1.85. The summed E-state index contributed by atoms with van der Waals surface area (Å²) in [5, 5.41) is 3.33. The molecule has 0 bridgehead atoms. The monoisotopic (exact) mass is 258 g/mol. The van der Waals surface area contributed by atoms with Crippen molar-refractivity contribution < 1.29 is 9.59 Å². The standard InChI is InChI=1S/C13H14N4O2/c1-8-7-16(2)12-10(8)5-9(6-14-12)17-4-3-11(18)15-13(17)19/h5-7H,3-4H2,1-2H3,(H,15,18,19). The zero-order valence-electron chi connectivity index (χ0n) is 10.8. The van der Waals surface area contributed by atoms with Gasteiger partial charge in [-0.1, -0.05) is 0 Å². The molecule has 1 N–H and O–H groups in total. The first kappa shape index (κ1) is 11.7. The van der Waals surface area contributed by atoms with Crippen LogP contribution in [0.25, 0.3) is 11.0 Å². The fraction of sp³-hybridized carbons (Fsp3) is 0.308. The van der Waals surface area contributed by atoms with E-state index >= 15 is 0 Å². The predicted molar refractivity (Wildman–Crippen MR) is 71.0 cm³/mol. The maximum atomic E-state index is 11.8. The summed E-state index contributed by atoms with van der Waals surface area (Å²) in [5.74, 6) is -0.230. The summed E-state index contributed by atoms with van der Waals surface area (Å²) in [7, 11) is 1.94. The highest BCUT2D eigenvalue weighted by atomic mass is 16.2. The number of rotatable bonds is 1. The highest BCUT2D eigenvalue weighted by Crippen LogP contribution is 2.24. The van der Waals surface area contributed by atoms with E-state index in [9.17, 15) is 9.59 Å². The van der Waals surface area contributed by atoms with Crippen LogP contribution in [-0.2, 0) is 11.8 Å². The number of nitrogens with zero attached hydrogens (tertiary/aromatic N) is 3. The molecule has 1 aliphatic rings. The lowest BCUT2D eigenvalue weighted by Crippen LogP contribution is -2.49. The molecule has 98 valence electrons. The van der Waals surface area contributed by atoms with Crippen LogP contribution >= 0.6 is 0 Å². The molecule has 6 heteroatoms. The Labute approximate surface area is 110 Å². The molecule has 1 saturated heterocycles. The summed E-state index contributed by atoms with van der Waals surface area (Å²) in [5.41, 5.74) is 2.71. The van der Waals surface area contributed by atoms with Crippen LogP contribution < -0.4 is 10.2 Å². The van der Waals surface area contributed by atoms with Gasteiger partial charge in [-0.15, -0.1) is 0 Å². The normalized spacial score (nSPS) is 16.0. The highest BCUT2D eigenvalue weighted by Gasteiger charge is 2.24. The second kappa shape index (κ2) is 4.08. The van der Waals surface area contributed by atoms with E-state index in [1.165, 1.54) is 0 Å². The number of anilines is 1. The van der Waals surface area contributed by atoms with Crippen molar-refractivity contribution in [2.75, 3.05) is 11.4 Å². The molecule has 2 aromatic heterocycles. The summed E-state index contributed by atoms with van der Waals surface area (Å²) in [4.78, 5) is 28.9. The van der Waals surface area contributed by atoms with Crippen molar-refractivity contribution in [2.24, 2.45) is 7.05 Å². The molecular weight excluding hydrogens is 244 g/mol. The number of carbonyl (C=O) groups excluding carboxylic acids is 2. The zero-order chi connectivity index (χ0) is 13.6. The number of pyridine rings is 1. The quantitative estimate of drug-likeness (QED) is 0.839. The summed E-state index contributed by atoms with van der Waals surface area (Å²) in [6.45, 7) is 2.40. The number of hydrogen-bond donors (Lipinski definition) is 1. The molecule has 2 aromatic rings. The molecule has 3 rings (SSSR count). The number of carbonyl (C=O) groups is 2. The molecule has 3 amide bonds. The van der Waals surface area contributed by atoms with Crippen molar-refractivity contribution in [3.05, 3.63) is 24.0 Å². The Balaban J connectivity index is 2.04. The first-order valence-electron chi connectivity index (χ1n) is 6.09. The van der Waals surface area contributed by atoms with Crippen LogP contribution in [0, 0.1) is 6.92 Å². The molecular formula is C13H14N4O2. The van der Waals surface area contributed by atoms with Gasteiger partial charge in [-0.05, 0) is 18.6 Å². The number of amides is 3. The average Bonchev–Trinajstić information content (AvgIpc) is 2.65. The molecule has 1 fully saturated rings. The maximum absolute atomic E-state index is 11.8. The van der Waals surface area contributed by atoms with Gasteiger partial charge in [0.15, 0.2) is 0 Å². The fourth-order valence-corrected chi connectivity index (χ4v) is 2.40. The van der Waals surface area contributed by atoms with Crippen molar-refractivity contribution in [1.29, 1.82) is 0 Å². The average molecular weight is 258 g/mol. The van der Waals surface area contributed by atoms with Gasteiger partial charge < -0.3 is 4.57 Å². The Hall–Kier alpha value is -2.37. The van der Waals surface area contributed by atoms with E-state index in [2.05, 4.69) is 10.3 Å². The van der Waals surface area contributed by atoms with Gasteiger partial charge >= 0.3 is 6.03 Å². The largest absolute Gasteiger partial charge is 0.335 e. The van der Waals surface area contributed by atoms with Crippen LogP contribution in [0.2, 0.25) is 0 Å². The van der Waals surface area contributed by atoms with Gasteiger partial charge in [0.1, 0.15) is 5.65 Å². The minimum Gasteiger partial charge on any atom is -0.335 e. The van der Waals surface area contributed by atoms with Crippen molar-refractivity contribution in [2.45, 2.75) is 13.3 Å². The number of fused-ring (bicyclic) bond motifs is 1. The van der Waals surface area contributed by atoms with Gasteiger partial charge in [0, 0.05) is 31.6 Å². The molecule has 1 aliphatic heterocycles. The van der Waals surface area contributed by atoms with Crippen molar-refractivity contribution in [3.63, 3.8) is 0 Å². The summed E-state index contributed by atoms with van der Waals surface area (Å²) in [6, 6.07) is 1.55. The molecule has 0 aromatic carbocycles. The molecule has 0 radical (unpaired) electrons.